The van der Waals surface area contributed by atoms with Crippen molar-refractivity contribution in [1.29, 1.82) is 0 Å². The van der Waals surface area contributed by atoms with Gasteiger partial charge in [-0.15, -0.1) is 0 Å². The molecule has 0 aromatic rings. The summed E-state index contributed by atoms with van der Waals surface area (Å²) in [5, 5.41) is 8.95. The lowest BCUT2D eigenvalue weighted by molar-refractivity contribution is -0.141. The largest absolute Gasteiger partial charge is 0.481 e. The Bertz CT molecular complexity index is 344. The van der Waals surface area contributed by atoms with Crippen molar-refractivity contribution in [3.05, 3.63) is 0 Å². The highest BCUT2D eigenvalue weighted by Gasteiger charge is 2.36. The predicted octanol–water partition coefficient (Wildman–Crippen LogP) is 1.26. The molecule has 19 heavy (non-hydrogen) atoms. The van der Waals surface area contributed by atoms with E-state index in [9.17, 15) is 9.59 Å². The second kappa shape index (κ2) is 6.23. The first-order chi connectivity index (χ1) is 8.79. The van der Waals surface area contributed by atoms with Crippen molar-refractivity contribution in [2.75, 3.05) is 32.8 Å². The molecule has 0 radical (unpaired) electrons. The first kappa shape index (κ1) is 15.8. The zero-order valence-corrected chi connectivity index (χ0v) is 12.2. The van der Waals surface area contributed by atoms with Crippen molar-refractivity contribution in [3.63, 3.8) is 0 Å². The van der Waals surface area contributed by atoms with Gasteiger partial charge in [0.05, 0.1) is 24.7 Å². The van der Waals surface area contributed by atoms with E-state index in [1.165, 1.54) is 0 Å². The molecule has 0 saturated carbocycles. The van der Waals surface area contributed by atoms with Gasteiger partial charge in [0.2, 0.25) is 0 Å². The molecule has 0 bridgehead atoms. The number of rotatable bonds is 4. The highest BCUT2D eigenvalue weighted by molar-refractivity contribution is 5.77. The lowest BCUT2D eigenvalue weighted by Crippen LogP contribution is -2.59. The Morgan fingerprint density at radius 3 is 2.58 bits per heavy atom. The summed E-state index contributed by atoms with van der Waals surface area (Å²) in [4.78, 5) is 26.8. The minimum atomic E-state index is -0.882. The fourth-order valence-corrected chi connectivity index (χ4v) is 2.13. The minimum absolute atomic E-state index is 0.107. The predicted molar refractivity (Wildman–Crippen MR) is 71.0 cm³/mol. The number of urea groups is 1. The summed E-state index contributed by atoms with van der Waals surface area (Å²) in [6, 6.07) is -0.107. The molecule has 1 unspecified atom stereocenters. The SMILES string of the molecule is CCN(CC(C)C(=O)O)C(=O)N1CCOCC1(C)C. The van der Waals surface area contributed by atoms with Crippen LogP contribution < -0.4 is 0 Å². The molecule has 0 aromatic heterocycles. The monoisotopic (exact) mass is 272 g/mol. The van der Waals surface area contributed by atoms with E-state index in [1.807, 2.05) is 20.8 Å². The molecule has 1 saturated heterocycles. The highest BCUT2D eigenvalue weighted by atomic mass is 16.5. The van der Waals surface area contributed by atoms with Crippen molar-refractivity contribution < 1.29 is 19.4 Å². The molecular weight excluding hydrogens is 248 g/mol. The van der Waals surface area contributed by atoms with Crippen LogP contribution in [-0.2, 0) is 9.53 Å². The lowest BCUT2D eigenvalue weighted by Gasteiger charge is -2.44. The molecule has 0 aromatic carbocycles. The number of carbonyl (C=O) groups is 2. The van der Waals surface area contributed by atoms with Gasteiger partial charge in [0.1, 0.15) is 0 Å². The third-order valence-corrected chi connectivity index (χ3v) is 3.44. The number of ether oxygens (including phenoxy) is 1. The van der Waals surface area contributed by atoms with Crippen molar-refractivity contribution in [2.24, 2.45) is 5.92 Å². The van der Waals surface area contributed by atoms with Gasteiger partial charge in [0.25, 0.3) is 0 Å². The van der Waals surface area contributed by atoms with Gasteiger partial charge in [-0.25, -0.2) is 4.79 Å². The van der Waals surface area contributed by atoms with Crippen LogP contribution in [0.1, 0.15) is 27.7 Å². The molecule has 0 aliphatic carbocycles. The maximum Gasteiger partial charge on any atom is 0.320 e. The van der Waals surface area contributed by atoms with Gasteiger partial charge in [-0.3, -0.25) is 4.79 Å². The van der Waals surface area contributed by atoms with Crippen LogP contribution >= 0.6 is 0 Å². The molecule has 2 amide bonds. The number of carboxylic acid groups (broad SMARTS) is 1. The molecule has 1 atom stereocenters. The molecule has 110 valence electrons. The number of amides is 2. The second-order valence-electron chi connectivity index (χ2n) is 5.58. The Morgan fingerprint density at radius 2 is 2.11 bits per heavy atom. The molecule has 1 rings (SSSR count). The van der Waals surface area contributed by atoms with Crippen LogP contribution in [0, 0.1) is 5.92 Å². The summed E-state index contributed by atoms with van der Waals surface area (Å²) in [5.41, 5.74) is -0.352. The van der Waals surface area contributed by atoms with Gasteiger partial charge in [0, 0.05) is 19.6 Å². The maximum atomic E-state index is 12.5. The smallest absolute Gasteiger partial charge is 0.320 e. The Hall–Kier alpha value is -1.30. The minimum Gasteiger partial charge on any atom is -0.481 e. The fourth-order valence-electron chi connectivity index (χ4n) is 2.13. The van der Waals surface area contributed by atoms with Gasteiger partial charge < -0.3 is 19.6 Å². The van der Waals surface area contributed by atoms with Crippen molar-refractivity contribution in [2.45, 2.75) is 33.2 Å². The van der Waals surface area contributed by atoms with Crippen LogP contribution in [0.2, 0.25) is 0 Å². The fraction of sp³-hybridized carbons (Fsp3) is 0.846. The van der Waals surface area contributed by atoms with E-state index in [0.717, 1.165) is 0 Å². The normalized spacial score (nSPS) is 19.9. The first-order valence-corrected chi connectivity index (χ1v) is 6.66. The van der Waals surface area contributed by atoms with Gasteiger partial charge in [-0.2, -0.15) is 0 Å². The molecule has 1 N–H and O–H groups in total. The van der Waals surface area contributed by atoms with Crippen molar-refractivity contribution >= 4 is 12.0 Å². The molecule has 0 spiro atoms. The zero-order valence-electron chi connectivity index (χ0n) is 12.2. The maximum absolute atomic E-state index is 12.5. The number of carboxylic acids is 1. The second-order valence-corrected chi connectivity index (χ2v) is 5.58. The number of morpholine rings is 1. The van der Waals surface area contributed by atoms with Crippen LogP contribution in [0.4, 0.5) is 4.79 Å². The zero-order chi connectivity index (χ0) is 14.6. The van der Waals surface area contributed by atoms with Crippen LogP contribution in [-0.4, -0.2) is 65.3 Å². The van der Waals surface area contributed by atoms with E-state index >= 15 is 0 Å². The quantitative estimate of drug-likeness (QED) is 0.836. The third kappa shape index (κ3) is 3.83. The Balaban J connectivity index is 2.74. The topological polar surface area (TPSA) is 70.1 Å². The van der Waals surface area contributed by atoms with Crippen LogP contribution in [0.25, 0.3) is 0 Å². The van der Waals surface area contributed by atoms with E-state index in [1.54, 1.807) is 16.7 Å². The molecule has 1 fully saturated rings. The molecule has 1 aliphatic heterocycles. The molecule has 6 heteroatoms. The number of nitrogens with zero attached hydrogens (tertiary/aromatic N) is 2. The summed E-state index contributed by atoms with van der Waals surface area (Å²) in [7, 11) is 0. The van der Waals surface area contributed by atoms with Gasteiger partial charge in [-0.1, -0.05) is 6.92 Å². The number of hydrogen-bond acceptors (Lipinski definition) is 3. The van der Waals surface area contributed by atoms with Gasteiger partial charge >= 0.3 is 12.0 Å². The van der Waals surface area contributed by atoms with E-state index in [-0.39, 0.29) is 18.1 Å². The average Bonchev–Trinajstić information content (AvgIpc) is 2.34. The molecule has 1 heterocycles. The Morgan fingerprint density at radius 1 is 1.47 bits per heavy atom. The summed E-state index contributed by atoms with van der Waals surface area (Å²) in [6.07, 6.45) is 0. The number of aliphatic carboxylic acids is 1. The number of hydrogen-bond donors (Lipinski definition) is 1. The van der Waals surface area contributed by atoms with Crippen molar-refractivity contribution in [3.8, 4) is 0 Å². The summed E-state index contributed by atoms with van der Waals surface area (Å²) in [6.45, 7) is 9.71. The average molecular weight is 272 g/mol. The third-order valence-electron chi connectivity index (χ3n) is 3.44. The lowest BCUT2D eigenvalue weighted by atomic mass is 10.0. The van der Waals surface area contributed by atoms with E-state index in [4.69, 9.17) is 9.84 Å². The van der Waals surface area contributed by atoms with E-state index in [0.29, 0.717) is 26.3 Å². The van der Waals surface area contributed by atoms with Crippen molar-refractivity contribution in [1.82, 2.24) is 9.80 Å². The van der Waals surface area contributed by atoms with Crippen LogP contribution in [0.3, 0.4) is 0 Å². The van der Waals surface area contributed by atoms with E-state index in [2.05, 4.69) is 0 Å². The van der Waals surface area contributed by atoms with Crippen LogP contribution in [0.15, 0.2) is 0 Å². The Kier molecular flexibility index (Phi) is 5.17. The molecule has 6 nitrogen and oxygen atoms in total. The summed E-state index contributed by atoms with van der Waals surface area (Å²) < 4.78 is 5.39. The van der Waals surface area contributed by atoms with Crippen LogP contribution in [0.5, 0.6) is 0 Å². The van der Waals surface area contributed by atoms with E-state index < -0.39 is 11.9 Å². The molecular formula is C13H24N2O4. The summed E-state index contributed by atoms with van der Waals surface area (Å²) in [5.74, 6) is -1.44. The number of carbonyl (C=O) groups excluding carboxylic acids is 1. The highest BCUT2D eigenvalue weighted by Crippen LogP contribution is 2.21. The standard InChI is InChI=1S/C13H24N2O4/c1-5-14(8-10(2)11(16)17)12(18)15-6-7-19-9-13(15,3)4/h10H,5-9H2,1-4H3,(H,16,17). The molecule has 1 aliphatic rings. The Labute approximate surface area is 114 Å². The van der Waals surface area contributed by atoms with Gasteiger partial charge in [0.15, 0.2) is 0 Å². The van der Waals surface area contributed by atoms with Gasteiger partial charge in [-0.05, 0) is 20.8 Å². The first-order valence-electron chi connectivity index (χ1n) is 6.66. The summed E-state index contributed by atoms with van der Waals surface area (Å²) >= 11 is 0.